The van der Waals surface area contributed by atoms with Gasteiger partial charge < -0.3 is 10.2 Å². The van der Waals surface area contributed by atoms with Gasteiger partial charge in [-0.25, -0.2) is 4.98 Å². The van der Waals surface area contributed by atoms with E-state index in [1.807, 2.05) is 25.3 Å². The molecule has 2 aromatic heterocycles. The fourth-order valence-electron chi connectivity index (χ4n) is 3.16. The van der Waals surface area contributed by atoms with Gasteiger partial charge in [-0.3, -0.25) is 4.98 Å². The Labute approximate surface area is 138 Å². The first kappa shape index (κ1) is 15.7. The van der Waals surface area contributed by atoms with E-state index in [0.29, 0.717) is 6.04 Å². The Bertz CT molecular complexity index is 629. The third kappa shape index (κ3) is 3.97. The molecule has 0 bridgehead atoms. The number of pyridine rings is 1. The second kappa shape index (κ2) is 7.40. The summed E-state index contributed by atoms with van der Waals surface area (Å²) in [6.45, 7) is 6.07. The maximum absolute atomic E-state index is 4.75. The molecule has 1 fully saturated rings. The van der Waals surface area contributed by atoms with Crippen molar-refractivity contribution in [2.24, 2.45) is 0 Å². The molecule has 122 valence electrons. The lowest BCUT2D eigenvalue weighted by molar-refractivity contribution is 0.443. The molecule has 23 heavy (non-hydrogen) atoms. The first-order valence-corrected chi connectivity index (χ1v) is 8.51. The molecule has 1 N–H and O–H groups in total. The maximum Gasteiger partial charge on any atom is 0.227 e. The lowest BCUT2D eigenvalue weighted by Gasteiger charge is -2.35. The standard InChI is InChI=1S/C18H25N5/c1-3-16-8-4-5-10-23(16)18-21-14(2)11-17(22-18)20-13-15-7-6-9-19-12-15/h6-7,9,11-12,16H,3-5,8,10,13H2,1-2H3,(H,20,21,22). The summed E-state index contributed by atoms with van der Waals surface area (Å²) >= 11 is 0. The number of hydrogen-bond donors (Lipinski definition) is 1. The van der Waals surface area contributed by atoms with Crippen molar-refractivity contribution in [2.75, 3.05) is 16.8 Å². The third-order valence-electron chi connectivity index (χ3n) is 4.39. The van der Waals surface area contributed by atoms with Gasteiger partial charge in [-0.2, -0.15) is 4.98 Å². The van der Waals surface area contributed by atoms with Crippen molar-refractivity contribution in [1.82, 2.24) is 15.0 Å². The quantitative estimate of drug-likeness (QED) is 0.915. The normalized spacial score (nSPS) is 18.0. The molecular weight excluding hydrogens is 286 g/mol. The van der Waals surface area contributed by atoms with Crippen LogP contribution >= 0.6 is 0 Å². The van der Waals surface area contributed by atoms with E-state index in [0.717, 1.165) is 42.5 Å². The molecule has 1 saturated heterocycles. The molecule has 3 heterocycles. The second-order valence-corrected chi connectivity index (χ2v) is 6.16. The molecule has 5 heteroatoms. The van der Waals surface area contributed by atoms with Crippen molar-refractivity contribution < 1.29 is 0 Å². The smallest absolute Gasteiger partial charge is 0.227 e. The minimum absolute atomic E-state index is 0.566. The summed E-state index contributed by atoms with van der Waals surface area (Å²) in [6, 6.07) is 6.58. The van der Waals surface area contributed by atoms with E-state index in [9.17, 15) is 0 Å². The summed E-state index contributed by atoms with van der Waals surface area (Å²) in [4.78, 5) is 16.0. The van der Waals surface area contributed by atoms with Gasteiger partial charge in [0.05, 0.1) is 0 Å². The van der Waals surface area contributed by atoms with E-state index < -0.39 is 0 Å². The van der Waals surface area contributed by atoms with Crippen molar-refractivity contribution in [2.45, 2.75) is 52.1 Å². The van der Waals surface area contributed by atoms with Gasteiger partial charge in [0.25, 0.3) is 0 Å². The van der Waals surface area contributed by atoms with E-state index in [1.165, 1.54) is 19.3 Å². The molecule has 0 aromatic carbocycles. The van der Waals surface area contributed by atoms with E-state index in [-0.39, 0.29) is 0 Å². The Hall–Kier alpha value is -2.17. The van der Waals surface area contributed by atoms with Crippen LogP contribution in [-0.2, 0) is 6.54 Å². The maximum atomic E-state index is 4.75. The summed E-state index contributed by atoms with van der Waals surface area (Å²) in [7, 11) is 0. The molecule has 1 atom stereocenters. The summed E-state index contributed by atoms with van der Waals surface area (Å²) in [6.07, 6.45) is 8.60. The zero-order valence-electron chi connectivity index (χ0n) is 14.0. The average molecular weight is 311 g/mol. The van der Waals surface area contributed by atoms with Crippen LogP contribution in [0.3, 0.4) is 0 Å². The first-order chi connectivity index (χ1) is 11.3. The predicted octanol–water partition coefficient (Wildman–Crippen LogP) is 3.56. The van der Waals surface area contributed by atoms with Crippen LogP contribution < -0.4 is 10.2 Å². The lowest BCUT2D eigenvalue weighted by atomic mass is 10.0. The molecule has 0 amide bonds. The van der Waals surface area contributed by atoms with Crippen molar-refractivity contribution in [3.05, 3.63) is 41.9 Å². The molecule has 0 spiro atoms. The van der Waals surface area contributed by atoms with Crippen LogP contribution in [0.15, 0.2) is 30.6 Å². The zero-order chi connectivity index (χ0) is 16.1. The monoisotopic (exact) mass is 311 g/mol. The van der Waals surface area contributed by atoms with Gasteiger partial charge in [0.2, 0.25) is 5.95 Å². The molecule has 1 aliphatic rings. The number of nitrogens with one attached hydrogen (secondary N) is 1. The SMILES string of the molecule is CCC1CCCCN1c1nc(C)cc(NCc2cccnc2)n1. The molecule has 1 unspecified atom stereocenters. The fraction of sp³-hybridized carbons (Fsp3) is 0.500. The van der Waals surface area contributed by atoms with Crippen molar-refractivity contribution in [3.8, 4) is 0 Å². The van der Waals surface area contributed by atoms with Crippen LogP contribution in [0.4, 0.5) is 11.8 Å². The lowest BCUT2D eigenvalue weighted by Crippen LogP contribution is -2.40. The van der Waals surface area contributed by atoms with Gasteiger partial charge in [-0.1, -0.05) is 13.0 Å². The van der Waals surface area contributed by atoms with Gasteiger partial charge in [0.1, 0.15) is 5.82 Å². The van der Waals surface area contributed by atoms with Crippen LogP contribution in [0.25, 0.3) is 0 Å². The predicted molar refractivity (Wildman–Crippen MR) is 93.6 cm³/mol. The molecular formula is C18H25N5. The number of piperidine rings is 1. The fourth-order valence-corrected chi connectivity index (χ4v) is 3.16. The highest BCUT2D eigenvalue weighted by Gasteiger charge is 2.23. The van der Waals surface area contributed by atoms with Crippen molar-refractivity contribution in [3.63, 3.8) is 0 Å². The van der Waals surface area contributed by atoms with E-state index in [1.54, 1.807) is 6.20 Å². The van der Waals surface area contributed by atoms with Gasteiger partial charge >= 0.3 is 0 Å². The van der Waals surface area contributed by atoms with E-state index in [4.69, 9.17) is 4.98 Å². The minimum Gasteiger partial charge on any atom is -0.366 e. The highest BCUT2D eigenvalue weighted by atomic mass is 15.3. The summed E-state index contributed by atoms with van der Waals surface area (Å²) in [5.41, 5.74) is 2.15. The molecule has 0 aliphatic carbocycles. The number of hydrogen-bond acceptors (Lipinski definition) is 5. The summed E-state index contributed by atoms with van der Waals surface area (Å²) < 4.78 is 0. The molecule has 3 rings (SSSR count). The van der Waals surface area contributed by atoms with Crippen molar-refractivity contribution in [1.29, 1.82) is 0 Å². The highest BCUT2D eigenvalue weighted by molar-refractivity contribution is 5.45. The molecule has 5 nitrogen and oxygen atoms in total. The van der Waals surface area contributed by atoms with Crippen molar-refractivity contribution >= 4 is 11.8 Å². The van der Waals surface area contributed by atoms with Crippen LogP contribution in [-0.4, -0.2) is 27.5 Å². The number of rotatable bonds is 5. The molecule has 0 radical (unpaired) electrons. The molecule has 1 aliphatic heterocycles. The van der Waals surface area contributed by atoms with Gasteiger partial charge in [0.15, 0.2) is 0 Å². The van der Waals surface area contributed by atoms with Crippen LogP contribution in [0.2, 0.25) is 0 Å². The zero-order valence-corrected chi connectivity index (χ0v) is 14.0. The Kier molecular flexibility index (Phi) is 5.05. The average Bonchev–Trinajstić information content (AvgIpc) is 2.60. The van der Waals surface area contributed by atoms with E-state index in [2.05, 4.69) is 33.2 Å². The minimum atomic E-state index is 0.566. The second-order valence-electron chi connectivity index (χ2n) is 6.16. The number of anilines is 2. The van der Waals surface area contributed by atoms with Crippen LogP contribution in [0.1, 0.15) is 43.9 Å². The molecule has 0 saturated carbocycles. The van der Waals surface area contributed by atoms with Gasteiger partial charge in [-0.05, 0) is 44.2 Å². The highest BCUT2D eigenvalue weighted by Crippen LogP contribution is 2.25. The molecule has 2 aromatic rings. The van der Waals surface area contributed by atoms with E-state index >= 15 is 0 Å². The van der Waals surface area contributed by atoms with Gasteiger partial charge in [0, 0.05) is 43.3 Å². The summed E-state index contributed by atoms with van der Waals surface area (Å²) in [5.74, 6) is 1.75. The first-order valence-electron chi connectivity index (χ1n) is 8.51. The van der Waals surface area contributed by atoms with Gasteiger partial charge in [-0.15, -0.1) is 0 Å². The van der Waals surface area contributed by atoms with Crippen LogP contribution in [0, 0.1) is 6.92 Å². The third-order valence-corrected chi connectivity index (χ3v) is 4.39. The Morgan fingerprint density at radius 3 is 3.00 bits per heavy atom. The van der Waals surface area contributed by atoms with Crippen LogP contribution in [0.5, 0.6) is 0 Å². The Morgan fingerprint density at radius 1 is 1.30 bits per heavy atom. The largest absolute Gasteiger partial charge is 0.366 e. The number of aryl methyl sites for hydroxylation is 1. The number of nitrogens with zero attached hydrogens (tertiary/aromatic N) is 4. The topological polar surface area (TPSA) is 53.9 Å². The Balaban J connectivity index is 1.76. The Morgan fingerprint density at radius 2 is 2.22 bits per heavy atom. The number of aromatic nitrogens is 3. The summed E-state index contributed by atoms with van der Waals surface area (Å²) in [5, 5.41) is 3.40.